The summed E-state index contributed by atoms with van der Waals surface area (Å²) in [5, 5.41) is 11.6. The molecule has 1 heterocycles. The molecule has 1 amide bonds. The van der Waals surface area contributed by atoms with Crippen LogP contribution in [0.1, 0.15) is 5.56 Å². The highest BCUT2D eigenvalue weighted by molar-refractivity contribution is 14.1. The molecule has 0 fully saturated rings. The molecule has 0 aliphatic heterocycles. The number of nitrogens with two attached hydrogens (primary N) is 1. The standard InChI is InChI=1S/C17H16IN5OS/c1-11-3-2-4-12(9-11)16-21-22-17(23(16)19)25-10-15(24)20-14-7-5-13(18)6-8-14/h2-9H,10,19H2,1H3,(H,20,24). The molecule has 0 saturated heterocycles. The Labute approximate surface area is 163 Å². The van der Waals surface area contributed by atoms with Gasteiger partial charge >= 0.3 is 0 Å². The van der Waals surface area contributed by atoms with Crippen LogP contribution in [0.2, 0.25) is 0 Å². The Kier molecular flexibility index (Phi) is 5.59. The Morgan fingerprint density at radius 1 is 1.24 bits per heavy atom. The minimum atomic E-state index is -0.119. The third kappa shape index (κ3) is 4.51. The smallest absolute Gasteiger partial charge is 0.234 e. The maximum Gasteiger partial charge on any atom is 0.234 e. The van der Waals surface area contributed by atoms with Gasteiger partial charge in [-0.3, -0.25) is 4.79 Å². The normalized spacial score (nSPS) is 10.6. The van der Waals surface area contributed by atoms with Gasteiger partial charge in [0.25, 0.3) is 0 Å². The van der Waals surface area contributed by atoms with Crippen LogP contribution in [0.4, 0.5) is 5.69 Å². The van der Waals surface area contributed by atoms with Crippen LogP contribution in [-0.2, 0) is 4.79 Å². The number of carbonyl (C=O) groups is 1. The van der Waals surface area contributed by atoms with E-state index in [4.69, 9.17) is 5.84 Å². The first-order chi connectivity index (χ1) is 12.0. The number of aromatic nitrogens is 3. The predicted octanol–water partition coefficient (Wildman–Crippen LogP) is 3.30. The van der Waals surface area contributed by atoms with Gasteiger partial charge in [-0.1, -0.05) is 35.5 Å². The summed E-state index contributed by atoms with van der Waals surface area (Å²) in [5.41, 5.74) is 2.78. The summed E-state index contributed by atoms with van der Waals surface area (Å²) >= 11 is 3.47. The number of rotatable bonds is 5. The first-order valence-electron chi connectivity index (χ1n) is 7.48. The number of benzene rings is 2. The van der Waals surface area contributed by atoms with Gasteiger partial charge in [-0.2, -0.15) is 0 Å². The highest BCUT2D eigenvalue weighted by Crippen LogP contribution is 2.22. The monoisotopic (exact) mass is 465 g/mol. The molecule has 0 aliphatic rings. The van der Waals surface area contributed by atoms with E-state index in [0.29, 0.717) is 11.0 Å². The van der Waals surface area contributed by atoms with Crippen molar-refractivity contribution in [3.63, 3.8) is 0 Å². The molecular weight excluding hydrogens is 449 g/mol. The van der Waals surface area contributed by atoms with E-state index in [2.05, 4.69) is 38.1 Å². The molecule has 3 rings (SSSR count). The van der Waals surface area contributed by atoms with E-state index in [-0.39, 0.29) is 11.7 Å². The van der Waals surface area contributed by atoms with Crippen LogP contribution in [0.15, 0.2) is 53.7 Å². The summed E-state index contributed by atoms with van der Waals surface area (Å²) in [5.74, 6) is 6.74. The number of halogens is 1. The average molecular weight is 465 g/mol. The zero-order chi connectivity index (χ0) is 17.8. The summed E-state index contributed by atoms with van der Waals surface area (Å²) in [7, 11) is 0. The molecule has 1 aromatic heterocycles. The maximum absolute atomic E-state index is 12.1. The van der Waals surface area contributed by atoms with E-state index < -0.39 is 0 Å². The number of hydrogen-bond donors (Lipinski definition) is 2. The summed E-state index contributed by atoms with van der Waals surface area (Å²) in [6.07, 6.45) is 0. The van der Waals surface area contributed by atoms with Gasteiger partial charge in [0.05, 0.1) is 5.75 Å². The van der Waals surface area contributed by atoms with Crippen molar-refractivity contribution >= 4 is 45.9 Å². The quantitative estimate of drug-likeness (QED) is 0.343. The lowest BCUT2D eigenvalue weighted by atomic mass is 10.1. The third-order valence-corrected chi connectivity index (χ3v) is 5.06. The first-order valence-corrected chi connectivity index (χ1v) is 9.55. The van der Waals surface area contributed by atoms with Crippen molar-refractivity contribution in [2.75, 3.05) is 16.9 Å². The van der Waals surface area contributed by atoms with Gasteiger partial charge in [-0.05, 0) is 59.8 Å². The second-order valence-electron chi connectivity index (χ2n) is 5.39. The molecule has 3 N–H and O–H groups in total. The van der Waals surface area contributed by atoms with Crippen LogP contribution in [0.3, 0.4) is 0 Å². The molecular formula is C17H16IN5OS. The zero-order valence-electron chi connectivity index (χ0n) is 13.4. The van der Waals surface area contributed by atoms with E-state index in [1.54, 1.807) is 0 Å². The van der Waals surface area contributed by atoms with Crippen LogP contribution in [0, 0.1) is 10.5 Å². The molecule has 0 spiro atoms. The summed E-state index contributed by atoms with van der Waals surface area (Å²) in [6, 6.07) is 15.5. The number of nitrogen functional groups attached to an aromatic ring is 1. The molecule has 0 aliphatic carbocycles. The molecule has 3 aromatic rings. The van der Waals surface area contributed by atoms with Gasteiger partial charge in [0.1, 0.15) is 0 Å². The number of aryl methyl sites for hydroxylation is 1. The van der Waals surface area contributed by atoms with Crippen LogP contribution >= 0.6 is 34.4 Å². The van der Waals surface area contributed by atoms with Crippen molar-refractivity contribution in [1.82, 2.24) is 14.9 Å². The lowest BCUT2D eigenvalue weighted by Gasteiger charge is -2.06. The second kappa shape index (κ2) is 7.87. The van der Waals surface area contributed by atoms with Gasteiger partial charge in [-0.15, -0.1) is 10.2 Å². The van der Waals surface area contributed by atoms with Crippen molar-refractivity contribution in [1.29, 1.82) is 0 Å². The fourth-order valence-corrected chi connectivity index (χ4v) is 3.23. The maximum atomic E-state index is 12.1. The largest absolute Gasteiger partial charge is 0.335 e. The zero-order valence-corrected chi connectivity index (χ0v) is 16.4. The number of anilines is 1. The molecule has 25 heavy (non-hydrogen) atoms. The number of thioether (sulfide) groups is 1. The summed E-state index contributed by atoms with van der Waals surface area (Å²) in [4.78, 5) is 12.1. The van der Waals surface area contributed by atoms with Gasteiger partial charge in [-0.25, -0.2) is 4.68 Å². The Balaban J connectivity index is 1.64. The van der Waals surface area contributed by atoms with Crippen molar-refractivity contribution in [3.05, 3.63) is 57.7 Å². The number of carbonyl (C=O) groups excluding carboxylic acids is 1. The number of nitrogens with one attached hydrogen (secondary N) is 1. The van der Waals surface area contributed by atoms with Gasteiger partial charge < -0.3 is 11.2 Å². The van der Waals surface area contributed by atoms with Crippen molar-refractivity contribution in [3.8, 4) is 11.4 Å². The van der Waals surface area contributed by atoms with Gasteiger partial charge in [0, 0.05) is 14.8 Å². The second-order valence-corrected chi connectivity index (χ2v) is 7.58. The summed E-state index contributed by atoms with van der Waals surface area (Å²) in [6.45, 7) is 2.01. The van der Waals surface area contributed by atoms with Crippen LogP contribution in [0.5, 0.6) is 0 Å². The molecule has 0 radical (unpaired) electrons. The molecule has 0 atom stereocenters. The van der Waals surface area contributed by atoms with Gasteiger partial charge in [0.2, 0.25) is 11.1 Å². The lowest BCUT2D eigenvalue weighted by Crippen LogP contribution is -2.16. The van der Waals surface area contributed by atoms with E-state index >= 15 is 0 Å². The number of nitrogens with zero attached hydrogens (tertiary/aromatic N) is 3. The van der Waals surface area contributed by atoms with E-state index in [1.807, 2.05) is 55.5 Å². The summed E-state index contributed by atoms with van der Waals surface area (Å²) < 4.78 is 2.53. The minimum absolute atomic E-state index is 0.119. The topological polar surface area (TPSA) is 85.8 Å². The SMILES string of the molecule is Cc1cccc(-c2nnc(SCC(=O)Nc3ccc(I)cc3)n2N)c1. The molecule has 128 valence electrons. The van der Waals surface area contributed by atoms with Crippen LogP contribution in [-0.4, -0.2) is 26.5 Å². The number of hydrogen-bond acceptors (Lipinski definition) is 5. The van der Waals surface area contributed by atoms with Crippen LogP contribution < -0.4 is 11.2 Å². The molecule has 0 bridgehead atoms. The molecule has 8 heteroatoms. The highest BCUT2D eigenvalue weighted by Gasteiger charge is 2.14. The Bertz CT molecular complexity index is 894. The van der Waals surface area contributed by atoms with Crippen molar-refractivity contribution < 1.29 is 4.79 Å². The van der Waals surface area contributed by atoms with Crippen molar-refractivity contribution in [2.45, 2.75) is 12.1 Å². The van der Waals surface area contributed by atoms with Crippen LogP contribution in [0.25, 0.3) is 11.4 Å². The van der Waals surface area contributed by atoms with E-state index in [9.17, 15) is 4.79 Å². The Hall–Kier alpha value is -2.07. The van der Waals surface area contributed by atoms with E-state index in [0.717, 1.165) is 20.4 Å². The molecule has 0 unspecified atom stereocenters. The lowest BCUT2D eigenvalue weighted by molar-refractivity contribution is -0.113. The fourth-order valence-electron chi connectivity index (χ4n) is 2.22. The minimum Gasteiger partial charge on any atom is -0.335 e. The van der Waals surface area contributed by atoms with Gasteiger partial charge in [0.15, 0.2) is 5.82 Å². The number of amides is 1. The average Bonchev–Trinajstić information content (AvgIpc) is 2.96. The Morgan fingerprint density at radius 3 is 2.72 bits per heavy atom. The fraction of sp³-hybridized carbons (Fsp3) is 0.118. The first kappa shape index (κ1) is 17.7. The van der Waals surface area contributed by atoms with Crippen molar-refractivity contribution in [2.24, 2.45) is 0 Å². The Morgan fingerprint density at radius 2 is 2.00 bits per heavy atom. The molecule has 0 saturated carbocycles. The molecule has 6 nitrogen and oxygen atoms in total. The molecule has 2 aromatic carbocycles. The highest BCUT2D eigenvalue weighted by atomic mass is 127. The predicted molar refractivity (Wildman–Crippen MR) is 109 cm³/mol. The third-order valence-electron chi connectivity index (χ3n) is 3.40. The van der Waals surface area contributed by atoms with E-state index in [1.165, 1.54) is 16.4 Å².